The lowest BCUT2D eigenvalue weighted by Gasteiger charge is -2.60. The van der Waals surface area contributed by atoms with Crippen molar-refractivity contribution in [1.29, 1.82) is 0 Å². The minimum atomic E-state index is -1.40. The highest BCUT2D eigenvalue weighted by atomic mass is 16.8. The minimum absolute atomic E-state index is 0.00871. The van der Waals surface area contributed by atoms with Gasteiger partial charge in [-0.2, -0.15) is 0 Å². The topological polar surface area (TPSA) is 149 Å². The van der Waals surface area contributed by atoms with Crippen LogP contribution >= 0.6 is 0 Å². The molecule has 0 radical (unpaired) electrons. The number of benzene rings is 3. The Kier molecular flexibility index (Phi) is 22.5. The Labute approximate surface area is 429 Å². The van der Waals surface area contributed by atoms with Gasteiger partial charge in [0.1, 0.15) is 23.3 Å². The first kappa shape index (κ1) is 55.2. The maximum Gasteiger partial charge on any atom is 0.239 e. The Hall–Kier alpha value is -4.56. The summed E-state index contributed by atoms with van der Waals surface area (Å²) < 4.78 is 33.4. The van der Waals surface area contributed by atoms with Gasteiger partial charge < -0.3 is 48.7 Å². The molecule has 3 N–H and O–H groups in total. The third-order valence-electron chi connectivity index (χ3n) is 15.2. The van der Waals surface area contributed by atoms with E-state index in [0.717, 1.165) is 92.2 Å². The van der Waals surface area contributed by atoms with Crippen molar-refractivity contribution in [3.63, 3.8) is 0 Å². The van der Waals surface area contributed by atoms with Gasteiger partial charge in [0, 0.05) is 50.5 Å². The van der Waals surface area contributed by atoms with Crippen molar-refractivity contribution in [3.8, 4) is 28.4 Å². The summed E-state index contributed by atoms with van der Waals surface area (Å²) >= 11 is 0. The quantitative estimate of drug-likeness (QED) is 0.0313. The Morgan fingerprint density at radius 2 is 1.54 bits per heavy atom. The number of nitrogens with zero attached hydrogens (tertiary/aromatic N) is 2. The molecule has 4 aliphatic rings. The highest BCUT2D eigenvalue weighted by Gasteiger charge is 2.65. The lowest BCUT2D eigenvalue weighted by molar-refractivity contribution is -0.258. The third kappa shape index (κ3) is 14.6. The SMILES string of the molecule is C=CCOC12Oc3ccc(Oc4ccc(-c5ccccc5)cc4)cc3C3C(CCCCO)C(CCCCO)C=C(C(=NOC4CCCCO4)CC1N(CCOCCO)C(=O)CCCCCCCCCCC)C32. The van der Waals surface area contributed by atoms with Gasteiger partial charge in [0.05, 0.1) is 44.7 Å². The van der Waals surface area contributed by atoms with Crippen molar-refractivity contribution in [2.45, 2.75) is 159 Å². The molecule has 394 valence electrons. The molecule has 1 amide bonds. The smallest absolute Gasteiger partial charge is 0.239 e. The molecule has 1 saturated heterocycles. The number of aliphatic hydroxyl groups excluding tert-OH is 3. The molecule has 1 saturated carbocycles. The van der Waals surface area contributed by atoms with E-state index in [1.807, 2.05) is 47.4 Å². The molecule has 7 rings (SSSR count). The van der Waals surface area contributed by atoms with E-state index in [2.05, 4.69) is 49.9 Å². The molecule has 2 aliphatic carbocycles. The highest BCUT2D eigenvalue weighted by molar-refractivity contribution is 6.03. The van der Waals surface area contributed by atoms with E-state index >= 15 is 4.79 Å². The molecule has 3 aromatic rings. The standard InChI is InChI=1S/C60H84N2O10/c1-3-5-6-7-8-9-10-11-15-26-56(66)62(34-40-67-41-37-65)55-44-53(61-72-57-27-18-21-39-68-57)51-42-47(24-16-19-35-63)50(25-17-20-36-64)58-52-43-49(32-33-54(52)71-60(55,59(51)58)69-38-4-2)70-48-30-28-46(29-31-48)45-22-13-12-14-23-45/h4,12-14,22-23,28-33,42-43,47,50,55,57-59,63-65H,2-3,5-11,15-21,24-27,34-41,44H2,1H3. The predicted octanol–water partition coefficient (Wildman–Crippen LogP) is 12.1. The van der Waals surface area contributed by atoms with Crippen molar-refractivity contribution >= 4 is 11.6 Å². The summed E-state index contributed by atoms with van der Waals surface area (Å²) in [5, 5.41) is 34.9. The molecule has 3 aromatic carbocycles. The number of rotatable bonds is 32. The number of fused-ring (bicyclic) bond motifs is 2. The lowest BCUT2D eigenvalue weighted by Crippen LogP contribution is -2.70. The zero-order chi connectivity index (χ0) is 50.4. The monoisotopic (exact) mass is 993 g/mol. The van der Waals surface area contributed by atoms with Crippen molar-refractivity contribution < 1.29 is 48.6 Å². The van der Waals surface area contributed by atoms with Gasteiger partial charge in [-0.05, 0) is 104 Å². The second kappa shape index (κ2) is 29.4. The average Bonchev–Trinajstić information content (AvgIpc) is 3.41. The summed E-state index contributed by atoms with van der Waals surface area (Å²) in [6.07, 6.45) is 21.9. The van der Waals surface area contributed by atoms with Gasteiger partial charge in [0.15, 0.2) is 0 Å². The van der Waals surface area contributed by atoms with Gasteiger partial charge >= 0.3 is 0 Å². The van der Waals surface area contributed by atoms with Crippen molar-refractivity contribution in [1.82, 2.24) is 4.90 Å². The van der Waals surface area contributed by atoms with Crippen LogP contribution in [-0.2, 0) is 23.8 Å². The Morgan fingerprint density at radius 1 is 0.819 bits per heavy atom. The fourth-order valence-corrected chi connectivity index (χ4v) is 11.6. The van der Waals surface area contributed by atoms with E-state index in [9.17, 15) is 15.3 Å². The molecule has 0 bridgehead atoms. The molecule has 72 heavy (non-hydrogen) atoms. The Bertz CT molecular complexity index is 2140. The summed E-state index contributed by atoms with van der Waals surface area (Å²) in [7, 11) is 0. The molecule has 12 nitrogen and oxygen atoms in total. The third-order valence-corrected chi connectivity index (χ3v) is 15.2. The summed E-state index contributed by atoms with van der Waals surface area (Å²) in [4.78, 5) is 23.4. The fraction of sp³-hybridized carbons (Fsp3) is 0.600. The summed E-state index contributed by atoms with van der Waals surface area (Å²) in [5.74, 6) is 0.0924. The van der Waals surface area contributed by atoms with Gasteiger partial charge in [-0.25, -0.2) is 0 Å². The van der Waals surface area contributed by atoms with E-state index in [0.29, 0.717) is 43.1 Å². The van der Waals surface area contributed by atoms with Gasteiger partial charge in [-0.1, -0.05) is 131 Å². The van der Waals surface area contributed by atoms with Crippen molar-refractivity contribution in [2.24, 2.45) is 22.9 Å². The molecular formula is C60H84N2O10. The minimum Gasteiger partial charge on any atom is -0.459 e. The first-order valence-corrected chi connectivity index (χ1v) is 27.6. The Balaban J connectivity index is 1.33. The summed E-state index contributed by atoms with van der Waals surface area (Å²) in [5.41, 5.74) is 4.92. The molecule has 2 heterocycles. The van der Waals surface area contributed by atoms with Crippen LogP contribution in [0.2, 0.25) is 0 Å². The van der Waals surface area contributed by atoms with Crippen LogP contribution in [-0.4, -0.2) is 103 Å². The van der Waals surface area contributed by atoms with Crippen LogP contribution in [0.4, 0.5) is 0 Å². The number of amides is 1. The van der Waals surface area contributed by atoms with E-state index in [4.69, 9.17) is 33.7 Å². The van der Waals surface area contributed by atoms with E-state index in [1.165, 1.54) is 38.5 Å². The number of oxime groups is 1. The van der Waals surface area contributed by atoms with E-state index in [1.54, 1.807) is 6.08 Å². The summed E-state index contributed by atoms with van der Waals surface area (Å²) in [6.45, 7) is 7.83. The second-order valence-electron chi connectivity index (χ2n) is 20.2. The molecule has 7 unspecified atom stereocenters. The Morgan fingerprint density at radius 3 is 2.25 bits per heavy atom. The molecular weight excluding hydrogens is 909 g/mol. The largest absolute Gasteiger partial charge is 0.459 e. The van der Waals surface area contributed by atoms with E-state index in [-0.39, 0.29) is 76.3 Å². The van der Waals surface area contributed by atoms with Gasteiger partial charge in [-0.15, -0.1) is 6.58 Å². The van der Waals surface area contributed by atoms with E-state index < -0.39 is 24.0 Å². The van der Waals surface area contributed by atoms with Crippen LogP contribution in [0, 0.1) is 17.8 Å². The molecule has 2 fully saturated rings. The number of carbonyl (C=O) groups excluding carboxylic acids is 1. The second-order valence-corrected chi connectivity index (χ2v) is 20.2. The number of unbranched alkanes of at least 4 members (excludes halogenated alkanes) is 10. The van der Waals surface area contributed by atoms with Crippen LogP contribution in [0.1, 0.15) is 147 Å². The fourth-order valence-electron chi connectivity index (χ4n) is 11.6. The van der Waals surface area contributed by atoms with Gasteiger partial charge in [0.2, 0.25) is 18.0 Å². The van der Waals surface area contributed by atoms with Gasteiger partial charge in [-0.3, -0.25) is 4.79 Å². The normalized spacial score (nSPS) is 23.9. The predicted molar refractivity (Wildman–Crippen MR) is 283 cm³/mol. The average molecular weight is 993 g/mol. The number of hydrogen-bond acceptors (Lipinski definition) is 11. The van der Waals surface area contributed by atoms with Crippen molar-refractivity contribution in [2.75, 3.05) is 52.8 Å². The highest BCUT2D eigenvalue weighted by Crippen LogP contribution is 2.62. The molecule has 0 aromatic heterocycles. The molecule has 12 heteroatoms. The number of allylic oxidation sites excluding steroid dienone is 1. The number of carbonyl (C=O) groups is 1. The molecule has 7 atom stereocenters. The number of hydrogen-bond donors (Lipinski definition) is 3. The summed E-state index contributed by atoms with van der Waals surface area (Å²) in [6, 6.07) is 23.8. The van der Waals surface area contributed by atoms with Crippen LogP contribution < -0.4 is 9.47 Å². The van der Waals surface area contributed by atoms with Crippen LogP contribution in [0.15, 0.2) is 102 Å². The van der Waals surface area contributed by atoms with Crippen LogP contribution in [0.25, 0.3) is 11.1 Å². The number of ether oxygens (including phenoxy) is 5. The van der Waals surface area contributed by atoms with Crippen LogP contribution in [0.3, 0.4) is 0 Å². The zero-order valence-corrected chi connectivity index (χ0v) is 43.1. The number of aliphatic hydroxyl groups is 3. The lowest BCUT2D eigenvalue weighted by atomic mass is 9.55. The molecule has 0 spiro atoms. The van der Waals surface area contributed by atoms with Gasteiger partial charge in [0.25, 0.3) is 0 Å². The molecule has 2 aliphatic heterocycles. The maximum atomic E-state index is 15.1. The maximum absolute atomic E-state index is 15.1. The first-order chi connectivity index (χ1) is 35.4. The van der Waals surface area contributed by atoms with Crippen molar-refractivity contribution in [3.05, 3.63) is 103 Å². The van der Waals surface area contributed by atoms with Crippen LogP contribution in [0.5, 0.6) is 17.2 Å². The zero-order valence-electron chi connectivity index (χ0n) is 43.1. The first-order valence-electron chi connectivity index (χ1n) is 27.6.